The van der Waals surface area contributed by atoms with Crippen molar-refractivity contribution in [2.45, 2.75) is 6.04 Å². The third-order valence-electron chi connectivity index (χ3n) is 4.00. The summed E-state index contributed by atoms with van der Waals surface area (Å²) in [6.07, 6.45) is 0. The van der Waals surface area contributed by atoms with Gasteiger partial charge in [0.05, 0.1) is 0 Å². The van der Waals surface area contributed by atoms with Crippen molar-refractivity contribution in [1.82, 2.24) is 4.98 Å². The van der Waals surface area contributed by atoms with Gasteiger partial charge in [-0.1, -0.05) is 60.7 Å². The Kier molecular flexibility index (Phi) is 4.35. The number of nitrogens with zero attached hydrogens (tertiary/aromatic N) is 1. The van der Waals surface area contributed by atoms with E-state index in [1.54, 1.807) is 0 Å². The second kappa shape index (κ2) is 7.11. The summed E-state index contributed by atoms with van der Waals surface area (Å²) in [5.74, 6) is -0.190. The summed E-state index contributed by atoms with van der Waals surface area (Å²) in [6.45, 7) is 0. The van der Waals surface area contributed by atoms with E-state index in [2.05, 4.69) is 15.6 Å². The topological polar surface area (TPSA) is 67.2 Å². The molecule has 2 N–H and O–H groups in total. The lowest BCUT2D eigenvalue weighted by Gasteiger charge is -2.17. The van der Waals surface area contributed by atoms with E-state index in [9.17, 15) is 4.79 Å². The van der Waals surface area contributed by atoms with Gasteiger partial charge in [-0.2, -0.15) is 4.98 Å². The number of oxazole rings is 1. The van der Waals surface area contributed by atoms with Crippen molar-refractivity contribution in [3.05, 3.63) is 90.5 Å². The fourth-order valence-corrected chi connectivity index (χ4v) is 2.74. The Bertz CT molecular complexity index is 980. The normalized spacial score (nSPS) is 11.8. The molecule has 4 aromatic rings. The minimum absolute atomic E-state index is 0.190. The highest BCUT2D eigenvalue weighted by molar-refractivity contribution is 5.97. The molecule has 1 heterocycles. The highest BCUT2D eigenvalue weighted by Crippen LogP contribution is 2.24. The number of benzene rings is 3. The van der Waals surface area contributed by atoms with E-state index in [1.807, 2.05) is 84.9 Å². The molecule has 0 fully saturated rings. The average Bonchev–Trinajstić information content (AvgIpc) is 3.10. The smallest absolute Gasteiger partial charge is 0.296 e. The Hall–Kier alpha value is -3.60. The largest absolute Gasteiger partial charge is 0.424 e. The van der Waals surface area contributed by atoms with Crippen molar-refractivity contribution in [2.24, 2.45) is 0 Å². The first-order chi connectivity index (χ1) is 12.8. The maximum atomic E-state index is 12.9. The summed E-state index contributed by atoms with van der Waals surface area (Å²) >= 11 is 0. The molecule has 1 amide bonds. The third-order valence-corrected chi connectivity index (χ3v) is 4.00. The number of nitrogens with one attached hydrogen (secondary N) is 2. The highest BCUT2D eigenvalue weighted by Gasteiger charge is 2.22. The molecule has 5 heteroatoms. The third kappa shape index (κ3) is 3.42. The lowest BCUT2D eigenvalue weighted by atomic mass is 10.1. The van der Waals surface area contributed by atoms with Crippen molar-refractivity contribution < 1.29 is 9.21 Å². The van der Waals surface area contributed by atoms with Gasteiger partial charge in [-0.3, -0.25) is 4.79 Å². The van der Waals surface area contributed by atoms with Crippen molar-refractivity contribution in [2.75, 3.05) is 10.6 Å². The van der Waals surface area contributed by atoms with Gasteiger partial charge in [0.1, 0.15) is 11.6 Å². The molecule has 0 aliphatic heterocycles. The Labute approximate surface area is 150 Å². The Morgan fingerprint density at radius 1 is 0.846 bits per heavy atom. The summed E-state index contributed by atoms with van der Waals surface area (Å²) in [7, 11) is 0. The van der Waals surface area contributed by atoms with Crippen molar-refractivity contribution in [3.63, 3.8) is 0 Å². The molecular formula is C21H17N3O2. The van der Waals surface area contributed by atoms with Crippen molar-refractivity contribution >= 4 is 28.7 Å². The van der Waals surface area contributed by atoms with Gasteiger partial charge in [-0.15, -0.1) is 0 Å². The maximum Gasteiger partial charge on any atom is 0.296 e. The van der Waals surface area contributed by atoms with E-state index in [0.29, 0.717) is 11.6 Å². The van der Waals surface area contributed by atoms with Gasteiger partial charge in [0, 0.05) is 5.69 Å². The number of para-hydroxylation sites is 3. The van der Waals surface area contributed by atoms with Crippen LogP contribution in [0.25, 0.3) is 11.1 Å². The predicted octanol–water partition coefficient (Wildman–Crippen LogP) is 4.62. The molecule has 4 rings (SSSR count). The molecule has 1 unspecified atom stereocenters. The quantitative estimate of drug-likeness (QED) is 0.555. The number of carbonyl (C=O) groups is 1. The molecule has 5 nitrogen and oxygen atoms in total. The molecule has 0 saturated carbocycles. The highest BCUT2D eigenvalue weighted by atomic mass is 16.4. The van der Waals surface area contributed by atoms with Crippen LogP contribution < -0.4 is 10.6 Å². The molecule has 128 valence electrons. The lowest BCUT2D eigenvalue weighted by Crippen LogP contribution is -2.27. The van der Waals surface area contributed by atoms with Crippen LogP contribution in [0.15, 0.2) is 89.3 Å². The van der Waals surface area contributed by atoms with Crippen LogP contribution in [0.3, 0.4) is 0 Å². The predicted molar refractivity (Wildman–Crippen MR) is 102 cm³/mol. The van der Waals surface area contributed by atoms with Crippen LogP contribution in [0.4, 0.5) is 11.7 Å². The molecular weight excluding hydrogens is 326 g/mol. The molecule has 0 radical (unpaired) electrons. The fourth-order valence-electron chi connectivity index (χ4n) is 2.74. The number of carbonyl (C=O) groups excluding carboxylic acids is 1. The zero-order valence-electron chi connectivity index (χ0n) is 13.9. The standard InChI is InChI=1S/C21H17N3O2/c25-20(22-16-11-5-2-6-12-16)19(15-9-3-1-4-10-15)24-21-23-17-13-7-8-14-18(17)26-21/h1-14,19H,(H,22,25)(H,23,24). The van der Waals surface area contributed by atoms with E-state index in [1.165, 1.54) is 0 Å². The van der Waals surface area contributed by atoms with Gasteiger partial charge in [0.2, 0.25) is 0 Å². The number of amides is 1. The van der Waals surface area contributed by atoms with E-state index in [-0.39, 0.29) is 5.91 Å². The second-order valence-electron chi connectivity index (χ2n) is 5.83. The Balaban J connectivity index is 1.63. The van der Waals surface area contributed by atoms with Crippen LogP contribution >= 0.6 is 0 Å². The summed E-state index contributed by atoms with van der Waals surface area (Å²) in [5.41, 5.74) is 2.97. The first-order valence-electron chi connectivity index (χ1n) is 8.32. The summed E-state index contributed by atoms with van der Waals surface area (Å²) in [4.78, 5) is 17.3. The molecule has 0 spiro atoms. The monoisotopic (exact) mass is 343 g/mol. The van der Waals surface area contributed by atoms with Crippen molar-refractivity contribution in [1.29, 1.82) is 0 Å². The van der Waals surface area contributed by atoms with Crippen LogP contribution in [0.1, 0.15) is 11.6 Å². The van der Waals surface area contributed by atoms with Gasteiger partial charge >= 0.3 is 0 Å². The molecule has 1 aromatic heterocycles. The van der Waals surface area contributed by atoms with E-state index in [4.69, 9.17) is 4.42 Å². The molecule has 1 atom stereocenters. The molecule has 0 bridgehead atoms. The lowest BCUT2D eigenvalue weighted by molar-refractivity contribution is -0.117. The summed E-state index contributed by atoms with van der Waals surface area (Å²) < 4.78 is 5.72. The van der Waals surface area contributed by atoms with Gasteiger partial charge in [0.25, 0.3) is 11.9 Å². The van der Waals surface area contributed by atoms with Crippen LogP contribution in [0.5, 0.6) is 0 Å². The van der Waals surface area contributed by atoms with Crippen LogP contribution in [-0.4, -0.2) is 10.9 Å². The number of fused-ring (bicyclic) bond motifs is 1. The molecule has 3 aromatic carbocycles. The van der Waals surface area contributed by atoms with Crippen molar-refractivity contribution in [3.8, 4) is 0 Å². The molecule has 0 aliphatic rings. The minimum atomic E-state index is -0.635. The SMILES string of the molecule is O=C(Nc1ccccc1)C(Nc1nc2ccccc2o1)c1ccccc1. The zero-order chi connectivity index (χ0) is 17.8. The summed E-state index contributed by atoms with van der Waals surface area (Å²) in [5, 5.41) is 6.04. The summed E-state index contributed by atoms with van der Waals surface area (Å²) in [6, 6.07) is 26.0. The van der Waals surface area contributed by atoms with E-state index < -0.39 is 6.04 Å². The van der Waals surface area contributed by atoms with E-state index >= 15 is 0 Å². The van der Waals surface area contributed by atoms with Gasteiger partial charge < -0.3 is 15.1 Å². The first kappa shape index (κ1) is 15.9. The molecule has 0 aliphatic carbocycles. The van der Waals surface area contributed by atoms with Gasteiger partial charge in [-0.05, 0) is 29.8 Å². The zero-order valence-corrected chi connectivity index (χ0v) is 13.9. The number of rotatable bonds is 5. The molecule has 26 heavy (non-hydrogen) atoms. The number of anilines is 2. The van der Waals surface area contributed by atoms with Crippen LogP contribution in [-0.2, 0) is 4.79 Å². The molecule has 0 saturated heterocycles. The van der Waals surface area contributed by atoms with E-state index in [0.717, 1.165) is 16.8 Å². The number of hydrogen-bond acceptors (Lipinski definition) is 4. The first-order valence-corrected chi connectivity index (χ1v) is 8.32. The van der Waals surface area contributed by atoms with Gasteiger partial charge in [0.15, 0.2) is 5.58 Å². The number of hydrogen-bond donors (Lipinski definition) is 2. The van der Waals surface area contributed by atoms with Crippen LogP contribution in [0.2, 0.25) is 0 Å². The minimum Gasteiger partial charge on any atom is -0.424 e. The van der Waals surface area contributed by atoms with Gasteiger partial charge in [-0.25, -0.2) is 0 Å². The maximum absolute atomic E-state index is 12.9. The number of aromatic nitrogens is 1. The second-order valence-corrected chi connectivity index (χ2v) is 5.83. The van der Waals surface area contributed by atoms with Crippen LogP contribution in [0, 0.1) is 0 Å². The average molecular weight is 343 g/mol. The Morgan fingerprint density at radius 3 is 2.23 bits per heavy atom. The fraction of sp³-hybridized carbons (Fsp3) is 0.0476. The Morgan fingerprint density at radius 2 is 1.50 bits per heavy atom.